The number of carbonyl (C=O) groups is 1. The predicted molar refractivity (Wildman–Crippen MR) is 141 cm³/mol. The Labute approximate surface area is 246 Å². The minimum absolute atomic E-state index is 0.0690. The first-order valence-electron chi connectivity index (χ1n) is 13.5. The van der Waals surface area contributed by atoms with Crippen molar-refractivity contribution in [3.05, 3.63) is 71.3 Å². The summed E-state index contributed by atoms with van der Waals surface area (Å²) in [6.07, 6.45) is -7.53. The Morgan fingerprint density at radius 2 is 1.82 bits per heavy atom. The minimum atomic E-state index is -5.38. The second-order valence-corrected chi connectivity index (χ2v) is 11.1. The van der Waals surface area contributed by atoms with Crippen LogP contribution in [0.2, 0.25) is 0 Å². The molecule has 5 rings (SSSR count). The summed E-state index contributed by atoms with van der Waals surface area (Å²) in [5.74, 6) is -2.13. The number of amides is 1. The molecule has 236 valence electrons. The Hall–Kier alpha value is -3.98. The topological polar surface area (TPSA) is 106 Å². The van der Waals surface area contributed by atoms with Crippen LogP contribution in [-0.4, -0.2) is 59.8 Å². The third kappa shape index (κ3) is 6.73. The summed E-state index contributed by atoms with van der Waals surface area (Å²) in [4.78, 5) is 20.2. The number of ether oxygens (including phenoxy) is 2. The highest BCUT2D eigenvalue weighted by Crippen LogP contribution is 2.47. The molecular weight excluding hydrogens is 601 g/mol. The first-order valence-corrected chi connectivity index (χ1v) is 13.5. The zero-order valence-electron chi connectivity index (χ0n) is 23.2. The molecular formula is C29H27F7N4O4. The van der Waals surface area contributed by atoms with E-state index >= 15 is 0 Å². The highest BCUT2D eigenvalue weighted by atomic mass is 19.4. The maximum Gasteiger partial charge on any atom is 0.574 e. The van der Waals surface area contributed by atoms with E-state index in [1.807, 2.05) is 5.32 Å². The van der Waals surface area contributed by atoms with Gasteiger partial charge in [0.25, 0.3) is 5.91 Å². The summed E-state index contributed by atoms with van der Waals surface area (Å²) in [5, 5.41) is 16.5. The molecule has 1 aliphatic carbocycles. The molecule has 0 saturated heterocycles. The molecule has 44 heavy (non-hydrogen) atoms. The van der Waals surface area contributed by atoms with Gasteiger partial charge >= 0.3 is 12.5 Å². The number of hydrogen-bond donors (Lipinski definition) is 3. The normalized spacial score (nSPS) is 19.6. The summed E-state index contributed by atoms with van der Waals surface area (Å²) >= 11 is 0. The average Bonchev–Trinajstić information content (AvgIpc) is 3.71. The molecule has 0 bridgehead atoms. The number of benzene rings is 1. The van der Waals surface area contributed by atoms with Crippen LogP contribution in [-0.2, 0) is 11.0 Å². The van der Waals surface area contributed by atoms with Crippen LogP contribution in [0.4, 0.5) is 30.7 Å². The molecule has 1 fully saturated rings. The zero-order valence-corrected chi connectivity index (χ0v) is 23.2. The van der Waals surface area contributed by atoms with Gasteiger partial charge in [0, 0.05) is 40.9 Å². The third-order valence-electron chi connectivity index (χ3n) is 7.54. The van der Waals surface area contributed by atoms with Crippen LogP contribution in [0.25, 0.3) is 11.3 Å². The van der Waals surface area contributed by atoms with Gasteiger partial charge in [0.15, 0.2) is 0 Å². The minimum Gasteiger partial charge on any atom is -0.490 e. The van der Waals surface area contributed by atoms with E-state index < -0.39 is 59.0 Å². The second-order valence-electron chi connectivity index (χ2n) is 11.1. The number of nitrogens with one attached hydrogen (secondary N) is 2. The maximum atomic E-state index is 14.6. The van der Waals surface area contributed by atoms with Crippen LogP contribution in [0.15, 0.2) is 48.7 Å². The standard InChI is InChI=1S/C29H27F7N4O4/c1-26(13-37-12-16-2-3-16)15-43-24-20(26)11-21(40-23(24)17-4-6-19(30)7-5-17)27(42,28(31,32)33)14-39-25(41)18-8-9-38-22(10-18)44-29(34,35)36/h4-11,16,37,42H,2-3,12-15H2,1H3,(H,39,41)/t26-,27-/m0/s1. The van der Waals surface area contributed by atoms with Crippen LogP contribution in [0.1, 0.15) is 41.4 Å². The molecule has 3 aromatic rings. The number of aromatic nitrogens is 2. The van der Waals surface area contributed by atoms with Gasteiger partial charge in [0.2, 0.25) is 11.5 Å². The molecule has 1 saturated carbocycles. The molecule has 2 atom stereocenters. The lowest BCUT2D eigenvalue weighted by Gasteiger charge is -2.32. The van der Waals surface area contributed by atoms with E-state index in [-0.39, 0.29) is 23.6 Å². The molecule has 0 spiro atoms. The molecule has 1 aromatic carbocycles. The number of halogens is 7. The highest BCUT2D eigenvalue weighted by Gasteiger charge is 2.57. The molecule has 15 heteroatoms. The van der Waals surface area contributed by atoms with Gasteiger partial charge in [-0.1, -0.05) is 6.92 Å². The molecule has 3 heterocycles. The maximum absolute atomic E-state index is 14.6. The predicted octanol–water partition coefficient (Wildman–Crippen LogP) is 5.01. The Bertz CT molecular complexity index is 1530. The van der Waals surface area contributed by atoms with Gasteiger partial charge in [-0.05, 0) is 61.7 Å². The number of aliphatic hydroxyl groups is 1. The largest absolute Gasteiger partial charge is 0.574 e. The monoisotopic (exact) mass is 628 g/mol. The number of nitrogens with zero attached hydrogens (tertiary/aromatic N) is 2. The van der Waals surface area contributed by atoms with Crippen molar-refractivity contribution in [1.29, 1.82) is 0 Å². The van der Waals surface area contributed by atoms with E-state index in [0.29, 0.717) is 24.1 Å². The van der Waals surface area contributed by atoms with E-state index in [1.165, 1.54) is 12.1 Å². The molecule has 0 unspecified atom stereocenters. The summed E-state index contributed by atoms with van der Waals surface area (Å²) in [5.41, 5.74) is -5.47. The Balaban J connectivity index is 1.51. The van der Waals surface area contributed by atoms with Crippen molar-refractivity contribution < 1.29 is 50.1 Å². The van der Waals surface area contributed by atoms with Gasteiger partial charge in [-0.15, -0.1) is 13.2 Å². The van der Waals surface area contributed by atoms with Gasteiger partial charge in [-0.25, -0.2) is 14.4 Å². The fourth-order valence-electron chi connectivity index (χ4n) is 4.84. The number of alkyl halides is 6. The SMILES string of the molecule is C[C@]1(CNCC2CC2)COc2c1cc([C@@](O)(CNC(=O)c1ccnc(OC(F)(F)F)c1)C(F)(F)F)nc2-c1ccc(F)cc1. The van der Waals surface area contributed by atoms with Gasteiger partial charge in [-0.2, -0.15) is 13.2 Å². The van der Waals surface area contributed by atoms with Crippen molar-refractivity contribution >= 4 is 5.91 Å². The van der Waals surface area contributed by atoms with Crippen LogP contribution >= 0.6 is 0 Å². The third-order valence-corrected chi connectivity index (χ3v) is 7.54. The van der Waals surface area contributed by atoms with Crippen LogP contribution in [0.5, 0.6) is 11.6 Å². The molecule has 0 radical (unpaired) electrons. The fraction of sp³-hybridized carbons (Fsp3) is 0.414. The summed E-state index contributed by atoms with van der Waals surface area (Å²) in [6.45, 7) is 1.49. The molecule has 3 N–H and O–H groups in total. The van der Waals surface area contributed by atoms with E-state index in [1.54, 1.807) is 6.92 Å². The highest BCUT2D eigenvalue weighted by molar-refractivity contribution is 5.94. The van der Waals surface area contributed by atoms with Crippen molar-refractivity contribution in [3.63, 3.8) is 0 Å². The van der Waals surface area contributed by atoms with Crippen molar-refractivity contribution in [2.45, 2.75) is 43.3 Å². The van der Waals surface area contributed by atoms with E-state index in [2.05, 4.69) is 20.0 Å². The first-order chi connectivity index (χ1) is 20.6. The Kier molecular flexibility index (Phi) is 8.22. The Morgan fingerprint density at radius 3 is 2.45 bits per heavy atom. The smallest absolute Gasteiger partial charge is 0.490 e. The second kappa shape index (κ2) is 11.5. The number of fused-ring (bicyclic) bond motifs is 1. The fourth-order valence-corrected chi connectivity index (χ4v) is 4.84. The summed E-state index contributed by atoms with van der Waals surface area (Å²) in [6, 6.07) is 7.45. The molecule has 2 aromatic heterocycles. The molecule has 1 aliphatic heterocycles. The lowest BCUT2D eigenvalue weighted by molar-refractivity contribution is -0.276. The van der Waals surface area contributed by atoms with Gasteiger partial charge in [0.05, 0.1) is 18.8 Å². The Morgan fingerprint density at radius 1 is 1.11 bits per heavy atom. The summed E-state index contributed by atoms with van der Waals surface area (Å²) < 4.78 is 105. The lowest BCUT2D eigenvalue weighted by Crippen LogP contribution is -2.51. The van der Waals surface area contributed by atoms with Gasteiger partial charge in [0.1, 0.15) is 17.3 Å². The quantitative estimate of drug-likeness (QED) is 0.271. The van der Waals surface area contributed by atoms with Crippen molar-refractivity contribution in [2.24, 2.45) is 5.92 Å². The average molecular weight is 629 g/mol. The number of hydrogen-bond acceptors (Lipinski definition) is 7. The van der Waals surface area contributed by atoms with E-state index in [0.717, 1.165) is 49.8 Å². The van der Waals surface area contributed by atoms with Crippen LogP contribution < -0.4 is 20.1 Å². The van der Waals surface area contributed by atoms with E-state index in [9.17, 15) is 40.6 Å². The van der Waals surface area contributed by atoms with Gasteiger partial charge in [-0.3, -0.25) is 4.79 Å². The van der Waals surface area contributed by atoms with Crippen LogP contribution in [0, 0.1) is 11.7 Å². The van der Waals surface area contributed by atoms with Crippen molar-refractivity contribution in [1.82, 2.24) is 20.6 Å². The van der Waals surface area contributed by atoms with Crippen molar-refractivity contribution in [3.8, 4) is 22.9 Å². The lowest BCUT2D eigenvalue weighted by atomic mass is 9.82. The molecule has 1 amide bonds. The van der Waals surface area contributed by atoms with Crippen molar-refractivity contribution in [2.75, 3.05) is 26.2 Å². The number of rotatable bonds is 10. The first kappa shape index (κ1) is 31.4. The van der Waals surface area contributed by atoms with Crippen LogP contribution in [0.3, 0.4) is 0 Å². The molecule has 8 nitrogen and oxygen atoms in total. The number of carbonyl (C=O) groups excluding carboxylic acids is 1. The van der Waals surface area contributed by atoms with Gasteiger partial charge < -0.3 is 25.2 Å². The van der Waals surface area contributed by atoms with E-state index in [4.69, 9.17) is 4.74 Å². The number of pyridine rings is 2. The molecule has 2 aliphatic rings. The summed E-state index contributed by atoms with van der Waals surface area (Å²) in [7, 11) is 0. The zero-order chi connectivity index (χ0) is 31.9.